The molecule has 2 heterocycles. The van der Waals surface area contributed by atoms with Crippen LogP contribution >= 0.6 is 12.4 Å². The fourth-order valence-electron chi connectivity index (χ4n) is 2.63. The number of halogens is 1. The molecule has 2 fully saturated rings. The predicted molar refractivity (Wildman–Crippen MR) is 90.7 cm³/mol. The molecular formula is C14H20ClN3O4S. The van der Waals surface area contributed by atoms with E-state index in [2.05, 4.69) is 10.6 Å². The van der Waals surface area contributed by atoms with Gasteiger partial charge in [0.1, 0.15) is 6.04 Å². The number of hydrogen-bond acceptors (Lipinski definition) is 5. The molecule has 3 rings (SSSR count). The van der Waals surface area contributed by atoms with Gasteiger partial charge in [-0.1, -0.05) is 6.07 Å². The summed E-state index contributed by atoms with van der Waals surface area (Å²) in [6.45, 7) is 2.07. The largest absolute Gasteiger partial charge is 0.378 e. The highest BCUT2D eigenvalue weighted by Gasteiger charge is 2.28. The lowest BCUT2D eigenvalue weighted by Crippen LogP contribution is -2.48. The maximum absolute atomic E-state index is 12.1. The quantitative estimate of drug-likeness (QED) is 0.822. The summed E-state index contributed by atoms with van der Waals surface area (Å²) in [5.41, 5.74) is 1.17. The minimum absolute atomic E-state index is 0. The van der Waals surface area contributed by atoms with Crippen LogP contribution in [0, 0.1) is 0 Å². The van der Waals surface area contributed by atoms with Crippen LogP contribution in [0.3, 0.4) is 0 Å². The Kier molecular flexibility index (Phi) is 5.85. The molecule has 0 saturated carbocycles. The molecule has 0 aromatic heterocycles. The molecule has 1 aromatic carbocycles. The van der Waals surface area contributed by atoms with Crippen LogP contribution in [-0.2, 0) is 19.6 Å². The van der Waals surface area contributed by atoms with Crippen molar-refractivity contribution < 1.29 is 17.9 Å². The highest BCUT2D eigenvalue weighted by Crippen LogP contribution is 2.26. The van der Waals surface area contributed by atoms with Crippen molar-refractivity contribution in [1.82, 2.24) is 5.32 Å². The third-order valence-corrected chi connectivity index (χ3v) is 5.61. The van der Waals surface area contributed by atoms with Crippen LogP contribution in [0.5, 0.6) is 0 Å². The zero-order valence-corrected chi connectivity index (χ0v) is 14.2. The van der Waals surface area contributed by atoms with E-state index in [1.807, 2.05) is 0 Å². The molecule has 0 radical (unpaired) electrons. The molecule has 128 valence electrons. The third-order valence-electron chi connectivity index (χ3n) is 3.74. The van der Waals surface area contributed by atoms with Gasteiger partial charge in [-0.3, -0.25) is 9.10 Å². The number of rotatable bonds is 3. The van der Waals surface area contributed by atoms with E-state index in [4.69, 9.17) is 4.74 Å². The number of anilines is 2. The molecule has 2 aliphatic rings. The summed E-state index contributed by atoms with van der Waals surface area (Å²) >= 11 is 0. The van der Waals surface area contributed by atoms with Gasteiger partial charge in [0.2, 0.25) is 15.9 Å². The molecule has 2 saturated heterocycles. The molecule has 1 amide bonds. The minimum Gasteiger partial charge on any atom is -0.378 e. The van der Waals surface area contributed by atoms with Crippen molar-refractivity contribution in [3.05, 3.63) is 24.3 Å². The highest BCUT2D eigenvalue weighted by atomic mass is 35.5. The normalized spacial score (nSPS) is 23.1. The lowest BCUT2D eigenvalue weighted by atomic mass is 10.2. The van der Waals surface area contributed by atoms with Crippen LogP contribution in [-0.4, -0.2) is 52.4 Å². The van der Waals surface area contributed by atoms with Gasteiger partial charge in [-0.25, -0.2) is 8.42 Å². The van der Waals surface area contributed by atoms with Gasteiger partial charge in [0.05, 0.1) is 24.7 Å². The van der Waals surface area contributed by atoms with Crippen molar-refractivity contribution in [2.24, 2.45) is 0 Å². The van der Waals surface area contributed by atoms with Crippen LogP contribution in [0.25, 0.3) is 0 Å². The molecule has 1 atom stereocenters. The van der Waals surface area contributed by atoms with E-state index in [0.717, 1.165) is 0 Å². The van der Waals surface area contributed by atoms with Gasteiger partial charge in [0, 0.05) is 18.8 Å². The van der Waals surface area contributed by atoms with Gasteiger partial charge < -0.3 is 15.4 Å². The summed E-state index contributed by atoms with van der Waals surface area (Å²) in [4.78, 5) is 12.1. The average Bonchev–Trinajstić information content (AvgIpc) is 2.88. The SMILES string of the molecule is Cl.O=C(Nc1cccc(N2CCCS2(=O)=O)c1)C1COCCN1. The summed E-state index contributed by atoms with van der Waals surface area (Å²) in [5, 5.41) is 5.88. The maximum atomic E-state index is 12.1. The standard InChI is InChI=1S/C14H19N3O4S.ClH/c18-14(13-10-21-7-5-15-13)16-11-3-1-4-12(9-11)17-6-2-8-22(17,19)20;/h1,3-4,9,13,15H,2,5-8,10H2,(H,16,18);1H. The molecule has 7 nitrogen and oxygen atoms in total. The van der Waals surface area contributed by atoms with E-state index < -0.39 is 10.0 Å². The summed E-state index contributed by atoms with van der Waals surface area (Å²) in [6, 6.07) is 6.52. The van der Waals surface area contributed by atoms with Crippen LogP contribution in [0.1, 0.15) is 6.42 Å². The monoisotopic (exact) mass is 361 g/mol. The second-order valence-electron chi connectivity index (χ2n) is 5.36. The van der Waals surface area contributed by atoms with Crippen molar-refractivity contribution in [3.63, 3.8) is 0 Å². The van der Waals surface area contributed by atoms with Crippen molar-refractivity contribution >= 4 is 39.7 Å². The first-order valence-corrected chi connectivity index (χ1v) is 8.90. The first-order chi connectivity index (χ1) is 10.6. The summed E-state index contributed by atoms with van der Waals surface area (Å²) < 4.78 is 30.6. The number of ether oxygens (including phenoxy) is 1. The van der Waals surface area contributed by atoms with E-state index >= 15 is 0 Å². The second-order valence-corrected chi connectivity index (χ2v) is 7.38. The van der Waals surface area contributed by atoms with Crippen molar-refractivity contribution in [2.45, 2.75) is 12.5 Å². The number of carbonyl (C=O) groups is 1. The number of carbonyl (C=O) groups excluding carboxylic acids is 1. The van der Waals surface area contributed by atoms with Crippen LogP contribution < -0.4 is 14.9 Å². The first-order valence-electron chi connectivity index (χ1n) is 7.29. The van der Waals surface area contributed by atoms with E-state index in [0.29, 0.717) is 44.1 Å². The fourth-order valence-corrected chi connectivity index (χ4v) is 4.19. The molecule has 0 bridgehead atoms. The van der Waals surface area contributed by atoms with E-state index in [-0.39, 0.29) is 30.1 Å². The Balaban J connectivity index is 0.00000192. The van der Waals surface area contributed by atoms with E-state index in [9.17, 15) is 13.2 Å². The zero-order chi connectivity index (χ0) is 15.6. The van der Waals surface area contributed by atoms with Gasteiger partial charge in [0.25, 0.3) is 0 Å². The Labute approximate surface area is 141 Å². The second kappa shape index (κ2) is 7.48. The van der Waals surface area contributed by atoms with Gasteiger partial charge >= 0.3 is 0 Å². The number of morpholine rings is 1. The Morgan fingerprint density at radius 2 is 2.22 bits per heavy atom. The maximum Gasteiger partial charge on any atom is 0.243 e. The van der Waals surface area contributed by atoms with Gasteiger partial charge in [-0.15, -0.1) is 12.4 Å². The smallest absolute Gasteiger partial charge is 0.243 e. The van der Waals surface area contributed by atoms with Gasteiger partial charge in [-0.05, 0) is 24.6 Å². The lowest BCUT2D eigenvalue weighted by molar-refractivity contribution is -0.120. The Morgan fingerprint density at radius 1 is 1.39 bits per heavy atom. The molecular weight excluding hydrogens is 342 g/mol. The Bertz CT molecular complexity index is 662. The van der Waals surface area contributed by atoms with Crippen LogP contribution in [0.15, 0.2) is 24.3 Å². The number of nitrogens with one attached hydrogen (secondary N) is 2. The Hall–Kier alpha value is -1.35. The minimum atomic E-state index is -3.22. The molecule has 2 N–H and O–H groups in total. The van der Waals surface area contributed by atoms with Crippen LogP contribution in [0.2, 0.25) is 0 Å². The highest BCUT2D eigenvalue weighted by molar-refractivity contribution is 7.93. The summed E-state index contributed by atoms with van der Waals surface area (Å²) in [6.07, 6.45) is 0.627. The van der Waals surface area contributed by atoms with E-state index in [1.165, 1.54) is 4.31 Å². The van der Waals surface area contributed by atoms with E-state index in [1.54, 1.807) is 24.3 Å². The molecule has 1 unspecified atom stereocenters. The number of nitrogens with zero attached hydrogens (tertiary/aromatic N) is 1. The van der Waals surface area contributed by atoms with Gasteiger partial charge in [0.15, 0.2) is 0 Å². The molecule has 9 heteroatoms. The third kappa shape index (κ3) is 4.14. The number of amides is 1. The number of benzene rings is 1. The van der Waals surface area contributed by atoms with Crippen LogP contribution in [0.4, 0.5) is 11.4 Å². The Morgan fingerprint density at radius 3 is 2.87 bits per heavy atom. The summed E-state index contributed by atoms with van der Waals surface area (Å²) in [5.74, 6) is -0.00598. The van der Waals surface area contributed by atoms with Gasteiger partial charge in [-0.2, -0.15) is 0 Å². The van der Waals surface area contributed by atoms with Crippen molar-refractivity contribution in [3.8, 4) is 0 Å². The average molecular weight is 362 g/mol. The zero-order valence-electron chi connectivity index (χ0n) is 12.5. The first kappa shape index (κ1) is 18.0. The molecule has 0 spiro atoms. The van der Waals surface area contributed by atoms with Crippen molar-refractivity contribution in [1.29, 1.82) is 0 Å². The number of sulfonamides is 1. The van der Waals surface area contributed by atoms with Crippen molar-refractivity contribution in [2.75, 3.05) is 41.7 Å². The molecule has 1 aromatic rings. The molecule has 0 aliphatic carbocycles. The molecule has 2 aliphatic heterocycles. The molecule has 23 heavy (non-hydrogen) atoms. The topological polar surface area (TPSA) is 87.7 Å². The summed E-state index contributed by atoms with van der Waals surface area (Å²) in [7, 11) is -3.22. The fraction of sp³-hybridized carbons (Fsp3) is 0.500. The lowest BCUT2D eigenvalue weighted by Gasteiger charge is -2.23. The number of hydrogen-bond donors (Lipinski definition) is 2. The predicted octanol–water partition coefficient (Wildman–Crippen LogP) is 0.575.